The van der Waals surface area contributed by atoms with E-state index in [1.54, 1.807) is 6.20 Å². The minimum absolute atomic E-state index is 0.602. The number of aromatic nitrogens is 1. The molecule has 1 aromatic rings. The van der Waals surface area contributed by atoms with Crippen molar-refractivity contribution in [3.05, 3.63) is 29.6 Å². The van der Waals surface area contributed by atoms with Gasteiger partial charge in [-0.25, -0.2) is 0 Å². The first-order valence-electron chi connectivity index (χ1n) is 5.60. The molecule has 0 radical (unpaired) electrons. The van der Waals surface area contributed by atoms with Crippen LogP contribution in [0.2, 0.25) is 0 Å². The fourth-order valence-electron chi connectivity index (χ4n) is 2.03. The van der Waals surface area contributed by atoms with Crippen LogP contribution in [0.3, 0.4) is 0 Å². The SMILES string of the molecule is CCc1cccnc1C(=N)N1CCCC1. The molecule has 3 heteroatoms. The summed E-state index contributed by atoms with van der Waals surface area (Å²) in [7, 11) is 0. The maximum Gasteiger partial charge on any atom is 0.147 e. The smallest absolute Gasteiger partial charge is 0.147 e. The van der Waals surface area contributed by atoms with Crippen molar-refractivity contribution in [1.29, 1.82) is 5.41 Å². The second-order valence-corrected chi connectivity index (χ2v) is 3.91. The predicted molar refractivity (Wildman–Crippen MR) is 61.3 cm³/mol. The number of likely N-dealkylation sites (tertiary alicyclic amines) is 1. The van der Waals surface area contributed by atoms with E-state index in [4.69, 9.17) is 5.41 Å². The lowest BCUT2D eigenvalue weighted by Crippen LogP contribution is -2.29. The van der Waals surface area contributed by atoms with Gasteiger partial charge >= 0.3 is 0 Å². The van der Waals surface area contributed by atoms with Gasteiger partial charge in [-0.1, -0.05) is 13.0 Å². The highest BCUT2D eigenvalue weighted by atomic mass is 15.2. The van der Waals surface area contributed by atoms with Crippen molar-refractivity contribution in [2.75, 3.05) is 13.1 Å². The number of pyridine rings is 1. The van der Waals surface area contributed by atoms with Crippen LogP contribution in [0.5, 0.6) is 0 Å². The first-order chi connectivity index (χ1) is 7.33. The van der Waals surface area contributed by atoms with Gasteiger partial charge in [-0.05, 0) is 30.9 Å². The molecule has 0 aromatic carbocycles. The Labute approximate surface area is 90.6 Å². The van der Waals surface area contributed by atoms with Crippen LogP contribution >= 0.6 is 0 Å². The molecule has 0 aliphatic carbocycles. The van der Waals surface area contributed by atoms with E-state index in [0.29, 0.717) is 5.84 Å². The third-order valence-electron chi connectivity index (χ3n) is 2.92. The van der Waals surface area contributed by atoms with Crippen LogP contribution in [0.15, 0.2) is 18.3 Å². The fourth-order valence-corrected chi connectivity index (χ4v) is 2.03. The van der Waals surface area contributed by atoms with E-state index in [1.807, 2.05) is 6.07 Å². The summed E-state index contributed by atoms with van der Waals surface area (Å²) in [6.07, 6.45) is 5.13. The van der Waals surface area contributed by atoms with Crippen LogP contribution in [0, 0.1) is 5.41 Å². The maximum absolute atomic E-state index is 8.13. The number of hydrogen-bond donors (Lipinski definition) is 1. The Bertz CT molecular complexity index is 354. The number of hydrogen-bond acceptors (Lipinski definition) is 2. The Morgan fingerprint density at radius 3 is 2.87 bits per heavy atom. The maximum atomic E-state index is 8.13. The Morgan fingerprint density at radius 1 is 1.47 bits per heavy atom. The molecule has 80 valence electrons. The van der Waals surface area contributed by atoms with Crippen LogP contribution < -0.4 is 0 Å². The van der Waals surface area contributed by atoms with E-state index in [1.165, 1.54) is 18.4 Å². The van der Waals surface area contributed by atoms with Crippen LogP contribution in [0.4, 0.5) is 0 Å². The van der Waals surface area contributed by atoms with Crippen molar-refractivity contribution in [3.8, 4) is 0 Å². The largest absolute Gasteiger partial charge is 0.355 e. The van der Waals surface area contributed by atoms with Gasteiger partial charge in [0.15, 0.2) is 0 Å². The van der Waals surface area contributed by atoms with Crippen molar-refractivity contribution in [2.24, 2.45) is 0 Å². The Hall–Kier alpha value is -1.38. The average molecular weight is 203 g/mol. The Morgan fingerprint density at radius 2 is 2.20 bits per heavy atom. The molecule has 3 nitrogen and oxygen atoms in total. The van der Waals surface area contributed by atoms with Crippen molar-refractivity contribution in [3.63, 3.8) is 0 Å². The number of amidine groups is 1. The number of rotatable bonds is 2. The molecule has 1 aliphatic rings. The molecule has 0 atom stereocenters. The number of aryl methyl sites for hydroxylation is 1. The summed E-state index contributed by atoms with van der Waals surface area (Å²) in [5, 5.41) is 8.13. The third-order valence-corrected chi connectivity index (χ3v) is 2.92. The summed E-state index contributed by atoms with van der Waals surface area (Å²) in [4.78, 5) is 6.45. The van der Waals surface area contributed by atoms with Gasteiger partial charge in [-0.15, -0.1) is 0 Å². The minimum atomic E-state index is 0.602. The first kappa shape index (κ1) is 10.1. The highest BCUT2D eigenvalue weighted by Crippen LogP contribution is 2.14. The van der Waals surface area contributed by atoms with E-state index >= 15 is 0 Å². The van der Waals surface area contributed by atoms with E-state index in [0.717, 1.165) is 25.2 Å². The normalized spacial score (nSPS) is 15.7. The highest BCUT2D eigenvalue weighted by molar-refractivity contribution is 5.96. The molecular weight excluding hydrogens is 186 g/mol. The lowest BCUT2D eigenvalue weighted by molar-refractivity contribution is 0.515. The zero-order valence-electron chi connectivity index (χ0n) is 9.16. The molecular formula is C12H17N3. The van der Waals surface area contributed by atoms with Crippen LogP contribution in [0.25, 0.3) is 0 Å². The van der Waals surface area contributed by atoms with Gasteiger partial charge in [0.05, 0.1) is 0 Å². The van der Waals surface area contributed by atoms with Gasteiger partial charge in [0.2, 0.25) is 0 Å². The molecule has 0 unspecified atom stereocenters. The molecule has 1 saturated heterocycles. The predicted octanol–water partition coefficient (Wildman–Crippen LogP) is 2.07. The molecule has 1 aliphatic heterocycles. The summed E-state index contributed by atoms with van der Waals surface area (Å²) < 4.78 is 0. The molecule has 0 spiro atoms. The van der Waals surface area contributed by atoms with Crippen molar-refractivity contribution >= 4 is 5.84 Å². The number of nitrogens with zero attached hydrogens (tertiary/aromatic N) is 2. The second-order valence-electron chi connectivity index (χ2n) is 3.91. The van der Waals surface area contributed by atoms with Gasteiger partial charge in [0.1, 0.15) is 11.5 Å². The zero-order chi connectivity index (χ0) is 10.7. The van der Waals surface area contributed by atoms with Gasteiger partial charge < -0.3 is 4.90 Å². The van der Waals surface area contributed by atoms with Crippen molar-refractivity contribution in [1.82, 2.24) is 9.88 Å². The standard InChI is InChI=1S/C12H17N3/c1-2-10-6-5-7-14-11(10)12(13)15-8-3-4-9-15/h5-7,13H,2-4,8-9H2,1H3. The summed E-state index contributed by atoms with van der Waals surface area (Å²) in [6, 6.07) is 4.01. The summed E-state index contributed by atoms with van der Waals surface area (Å²) in [6.45, 7) is 4.13. The minimum Gasteiger partial charge on any atom is -0.355 e. The summed E-state index contributed by atoms with van der Waals surface area (Å²) in [5.74, 6) is 0.602. The molecule has 15 heavy (non-hydrogen) atoms. The van der Waals surface area contributed by atoms with E-state index in [-0.39, 0.29) is 0 Å². The molecule has 1 fully saturated rings. The van der Waals surface area contributed by atoms with Crippen molar-refractivity contribution < 1.29 is 0 Å². The van der Waals surface area contributed by atoms with E-state index in [2.05, 4.69) is 22.9 Å². The van der Waals surface area contributed by atoms with Crippen LogP contribution in [-0.2, 0) is 6.42 Å². The first-order valence-corrected chi connectivity index (χ1v) is 5.60. The van der Waals surface area contributed by atoms with Gasteiger partial charge in [0, 0.05) is 19.3 Å². The third kappa shape index (κ3) is 2.01. The molecule has 0 bridgehead atoms. The number of nitrogens with one attached hydrogen (secondary N) is 1. The second kappa shape index (κ2) is 4.43. The zero-order valence-corrected chi connectivity index (χ0v) is 9.16. The fraction of sp³-hybridized carbons (Fsp3) is 0.500. The van der Waals surface area contributed by atoms with E-state index in [9.17, 15) is 0 Å². The molecule has 1 N–H and O–H groups in total. The highest BCUT2D eigenvalue weighted by Gasteiger charge is 2.18. The summed E-state index contributed by atoms with van der Waals surface area (Å²) >= 11 is 0. The molecule has 1 aromatic heterocycles. The van der Waals surface area contributed by atoms with Crippen LogP contribution in [-0.4, -0.2) is 28.8 Å². The van der Waals surface area contributed by atoms with Gasteiger partial charge in [0.25, 0.3) is 0 Å². The lowest BCUT2D eigenvalue weighted by Gasteiger charge is -2.19. The molecule has 2 heterocycles. The average Bonchev–Trinajstić information content (AvgIpc) is 2.81. The Balaban J connectivity index is 2.24. The lowest BCUT2D eigenvalue weighted by atomic mass is 10.1. The monoisotopic (exact) mass is 203 g/mol. The molecule has 0 amide bonds. The van der Waals surface area contributed by atoms with E-state index < -0.39 is 0 Å². The van der Waals surface area contributed by atoms with Crippen molar-refractivity contribution in [2.45, 2.75) is 26.2 Å². The summed E-state index contributed by atoms with van der Waals surface area (Å²) in [5.41, 5.74) is 2.04. The van der Waals surface area contributed by atoms with Gasteiger partial charge in [-0.2, -0.15) is 0 Å². The quantitative estimate of drug-likeness (QED) is 0.590. The van der Waals surface area contributed by atoms with Gasteiger partial charge in [-0.3, -0.25) is 10.4 Å². The topological polar surface area (TPSA) is 40.0 Å². The molecule has 2 rings (SSSR count). The Kier molecular flexibility index (Phi) is 2.99. The molecule has 0 saturated carbocycles. The van der Waals surface area contributed by atoms with Crippen LogP contribution in [0.1, 0.15) is 31.0 Å².